The minimum atomic E-state index is -1.62. The number of hydrogen-bond acceptors (Lipinski definition) is 2. The van der Waals surface area contributed by atoms with Crippen molar-refractivity contribution in [2.45, 2.75) is 58.9 Å². The van der Waals surface area contributed by atoms with E-state index in [1.807, 2.05) is 12.1 Å². The lowest BCUT2D eigenvalue weighted by molar-refractivity contribution is 0.900. The van der Waals surface area contributed by atoms with Crippen molar-refractivity contribution in [3.63, 3.8) is 0 Å². The van der Waals surface area contributed by atoms with Gasteiger partial charge in [-0.15, -0.1) is 0 Å². The minimum absolute atomic E-state index is 0.702. The first-order chi connectivity index (χ1) is 10.3. The molecule has 0 bridgehead atoms. The first-order valence-corrected chi connectivity index (χ1v) is 18.5. The van der Waals surface area contributed by atoms with Gasteiger partial charge < -0.3 is 8.89 Å². The number of benzene rings is 1. The van der Waals surface area contributed by atoms with E-state index in [0.717, 1.165) is 11.4 Å². The van der Waals surface area contributed by atoms with Crippen LogP contribution in [0, 0.1) is 11.3 Å². The van der Waals surface area contributed by atoms with Gasteiger partial charge in [-0.25, -0.2) is 0 Å². The second-order valence-electron chi connectivity index (χ2n) is 8.97. The second-order valence-corrected chi connectivity index (χ2v) is 23.6. The van der Waals surface area contributed by atoms with Gasteiger partial charge >= 0.3 is 0 Å². The average molecular weight is 362 g/mol. The summed E-state index contributed by atoms with van der Waals surface area (Å²) in [5, 5.41) is 9.05. The molecule has 1 rings (SSSR count). The molecule has 0 aliphatic heterocycles. The largest absolute Gasteiger partial charge is 0.410 e. The predicted octanol–water partition coefficient (Wildman–Crippen LogP) is 5.11. The Morgan fingerprint density at radius 3 is 1.61 bits per heavy atom. The third-order valence-corrected chi connectivity index (χ3v) is 11.3. The Bertz CT molecular complexity index is 595. The van der Waals surface area contributed by atoms with Gasteiger partial charge in [-0.05, 0) is 31.8 Å². The van der Waals surface area contributed by atoms with Crippen LogP contribution in [0.4, 0.5) is 0 Å². The van der Waals surface area contributed by atoms with Crippen LogP contribution in [0.2, 0.25) is 58.9 Å². The van der Waals surface area contributed by atoms with Gasteiger partial charge in [-0.2, -0.15) is 5.26 Å². The van der Waals surface area contributed by atoms with Gasteiger partial charge in [0.25, 0.3) is 0 Å². The Morgan fingerprint density at radius 2 is 1.30 bits per heavy atom. The number of rotatable bonds is 4. The van der Waals surface area contributed by atoms with E-state index < -0.39 is 24.7 Å². The molecule has 23 heavy (non-hydrogen) atoms. The lowest BCUT2D eigenvalue weighted by Gasteiger charge is -2.47. The Kier molecular flexibility index (Phi) is 5.84. The summed E-state index contributed by atoms with van der Waals surface area (Å²) in [6.45, 7) is 21.2. The van der Waals surface area contributed by atoms with Gasteiger partial charge in [0, 0.05) is 5.56 Å². The van der Waals surface area contributed by atoms with E-state index in [1.54, 1.807) is 0 Å². The van der Waals surface area contributed by atoms with E-state index in [9.17, 15) is 0 Å². The van der Waals surface area contributed by atoms with Crippen molar-refractivity contribution < 1.29 is 0 Å². The summed E-state index contributed by atoms with van der Waals surface area (Å²) in [4.78, 5) is 0. The SMILES string of the molecule is C[Si](C)(C)/N=C(\c1ccc(C#N)cc1)N([Si](C)(C)C)[Si](C)(C)C. The molecule has 3 nitrogen and oxygen atoms in total. The maximum Gasteiger partial charge on any atom is 0.174 e. The summed E-state index contributed by atoms with van der Waals surface area (Å²) < 4.78 is 7.92. The summed E-state index contributed by atoms with van der Waals surface area (Å²) in [5.41, 5.74) is 1.85. The van der Waals surface area contributed by atoms with E-state index in [4.69, 9.17) is 9.92 Å². The zero-order chi connectivity index (χ0) is 18.1. The van der Waals surface area contributed by atoms with Gasteiger partial charge in [-0.3, -0.25) is 0 Å². The van der Waals surface area contributed by atoms with Gasteiger partial charge in [0.05, 0.1) is 11.6 Å². The maximum atomic E-state index is 9.05. The number of nitriles is 1. The van der Waals surface area contributed by atoms with Crippen LogP contribution in [-0.2, 0) is 0 Å². The molecule has 0 unspecified atom stereocenters. The molecular weight excluding hydrogens is 330 g/mol. The lowest BCUT2D eigenvalue weighted by Crippen LogP contribution is -2.62. The van der Waals surface area contributed by atoms with Crippen LogP contribution in [0.1, 0.15) is 11.1 Å². The fourth-order valence-electron chi connectivity index (χ4n) is 2.90. The minimum Gasteiger partial charge on any atom is -0.410 e. The molecule has 0 spiro atoms. The van der Waals surface area contributed by atoms with Crippen molar-refractivity contribution in [1.29, 1.82) is 5.26 Å². The Balaban J connectivity index is 3.58. The van der Waals surface area contributed by atoms with E-state index in [0.29, 0.717) is 5.56 Å². The fraction of sp³-hybridized carbons (Fsp3) is 0.529. The first-order valence-electron chi connectivity index (χ1n) is 8.16. The van der Waals surface area contributed by atoms with Crippen molar-refractivity contribution in [1.82, 2.24) is 4.23 Å². The standard InChI is InChI=1S/C17H31N3Si3/c1-21(2,3)19-17(16-12-10-15(14-18)11-13-16)20(22(4,5)6)23(7,8)9/h10-13H,1-9H3/b19-17+. The number of hydrogen-bond donors (Lipinski definition) is 0. The molecule has 0 aromatic heterocycles. The van der Waals surface area contributed by atoms with E-state index in [1.165, 1.54) is 0 Å². The Labute approximate surface area is 145 Å². The molecular formula is C17H31N3Si3. The molecule has 0 N–H and O–H groups in total. The summed E-state index contributed by atoms with van der Waals surface area (Å²) in [7, 11) is -4.76. The lowest BCUT2D eigenvalue weighted by atomic mass is 10.1. The quantitative estimate of drug-likeness (QED) is 0.424. The second kappa shape index (κ2) is 6.75. The van der Waals surface area contributed by atoms with Gasteiger partial charge in [0.1, 0.15) is 22.3 Å². The first kappa shape index (κ1) is 19.9. The van der Waals surface area contributed by atoms with Crippen LogP contribution in [-0.4, -0.2) is 34.8 Å². The van der Waals surface area contributed by atoms with Crippen LogP contribution in [0.25, 0.3) is 0 Å². The van der Waals surface area contributed by atoms with Crippen LogP contribution >= 0.6 is 0 Å². The van der Waals surface area contributed by atoms with Crippen molar-refractivity contribution in [2.75, 3.05) is 0 Å². The molecule has 0 atom stereocenters. The van der Waals surface area contributed by atoms with Crippen molar-refractivity contribution in [3.8, 4) is 6.07 Å². The van der Waals surface area contributed by atoms with Crippen LogP contribution in [0.15, 0.2) is 28.9 Å². The van der Waals surface area contributed by atoms with Crippen molar-refractivity contribution in [2.24, 2.45) is 4.66 Å². The average Bonchev–Trinajstić information content (AvgIpc) is 2.33. The third kappa shape index (κ3) is 5.75. The number of nitrogens with zero attached hydrogens (tertiary/aromatic N) is 3. The highest BCUT2D eigenvalue weighted by molar-refractivity contribution is 6.93. The molecule has 0 heterocycles. The van der Waals surface area contributed by atoms with Crippen molar-refractivity contribution in [3.05, 3.63) is 35.4 Å². The van der Waals surface area contributed by atoms with E-state index in [-0.39, 0.29) is 0 Å². The number of amidine groups is 1. The smallest absolute Gasteiger partial charge is 0.174 e. The maximum absolute atomic E-state index is 9.05. The van der Waals surface area contributed by atoms with Crippen LogP contribution < -0.4 is 0 Å². The highest BCUT2D eigenvalue weighted by atomic mass is 28.4. The molecule has 0 fully saturated rings. The summed E-state index contributed by atoms with van der Waals surface area (Å²) in [6, 6.07) is 10.1. The fourth-order valence-corrected chi connectivity index (χ4v) is 13.6. The van der Waals surface area contributed by atoms with Gasteiger partial charge in [-0.1, -0.05) is 51.4 Å². The summed E-state index contributed by atoms with van der Waals surface area (Å²) >= 11 is 0. The van der Waals surface area contributed by atoms with Crippen LogP contribution in [0.5, 0.6) is 0 Å². The van der Waals surface area contributed by atoms with E-state index in [2.05, 4.69) is 81.4 Å². The predicted molar refractivity (Wildman–Crippen MR) is 110 cm³/mol. The highest BCUT2D eigenvalue weighted by Gasteiger charge is 2.37. The molecule has 0 radical (unpaired) electrons. The zero-order valence-corrected chi connectivity index (χ0v) is 19.2. The molecule has 1 aromatic rings. The van der Waals surface area contributed by atoms with Gasteiger partial charge in [0.15, 0.2) is 8.24 Å². The topological polar surface area (TPSA) is 39.4 Å². The Morgan fingerprint density at radius 1 is 0.870 bits per heavy atom. The van der Waals surface area contributed by atoms with E-state index >= 15 is 0 Å². The molecule has 0 saturated heterocycles. The highest BCUT2D eigenvalue weighted by Crippen LogP contribution is 2.25. The zero-order valence-electron chi connectivity index (χ0n) is 16.2. The third-order valence-electron chi connectivity index (χ3n) is 3.27. The molecule has 0 amide bonds. The Hall–Kier alpha value is -1.17. The van der Waals surface area contributed by atoms with Crippen LogP contribution in [0.3, 0.4) is 0 Å². The monoisotopic (exact) mass is 361 g/mol. The summed E-state index contributed by atoms with van der Waals surface area (Å²) in [6.07, 6.45) is 0. The molecule has 1 aromatic carbocycles. The molecule has 0 aliphatic rings. The van der Waals surface area contributed by atoms with Crippen molar-refractivity contribution >= 4 is 30.5 Å². The molecule has 0 aliphatic carbocycles. The van der Waals surface area contributed by atoms with Gasteiger partial charge in [0.2, 0.25) is 0 Å². The molecule has 0 saturated carbocycles. The molecule has 6 heteroatoms. The molecule has 126 valence electrons. The normalized spacial score (nSPS) is 13.7. The summed E-state index contributed by atoms with van der Waals surface area (Å²) in [5.74, 6) is 1.16.